The summed E-state index contributed by atoms with van der Waals surface area (Å²) < 4.78 is 5.12. The monoisotopic (exact) mass is 293 g/mol. The first kappa shape index (κ1) is 17.3. The number of nitrogens with two attached hydrogens (primary N) is 1. The molecule has 0 aliphatic carbocycles. The Balaban J connectivity index is 2.36. The van der Waals surface area contributed by atoms with Crippen molar-refractivity contribution < 1.29 is 9.84 Å². The predicted octanol–water partition coefficient (Wildman–Crippen LogP) is 1.69. The zero-order valence-electron chi connectivity index (χ0n) is 13.2. The smallest absolute Gasteiger partial charge is 0.188 e. The van der Waals surface area contributed by atoms with E-state index < -0.39 is 5.60 Å². The number of aliphatic hydroxyl groups is 1. The summed E-state index contributed by atoms with van der Waals surface area (Å²) in [6.45, 7) is 4.94. The molecule has 0 aliphatic rings. The summed E-state index contributed by atoms with van der Waals surface area (Å²) >= 11 is 0. The van der Waals surface area contributed by atoms with Crippen LogP contribution in [-0.2, 0) is 6.42 Å². The zero-order chi connectivity index (χ0) is 15.7. The van der Waals surface area contributed by atoms with E-state index in [9.17, 15) is 5.11 Å². The average molecular weight is 293 g/mol. The maximum atomic E-state index is 10.1. The SMILES string of the molecule is CCC(O)(CC)CN=C(N)NCCc1ccc(OC)cc1. The Hall–Kier alpha value is -1.75. The van der Waals surface area contributed by atoms with Crippen LogP contribution in [0.2, 0.25) is 0 Å². The van der Waals surface area contributed by atoms with E-state index in [1.807, 2.05) is 38.1 Å². The van der Waals surface area contributed by atoms with Crippen molar-refractivity contribution in [2.24, 2.45) is 10.7 Å². The van der Waals surface area contributed by atoms with Gasteiger partial charge in [0.1, 0.15) is 5.75 Å². The molecule has 0 aromatic heterocycles. The first-order valence-electron chi connectivity index (χ1n) is 7.42. The zero-order valence-corrected chi connectivity index (χ0v) is 13.2. The number of rotatable bonds is 8. The average Bonchev–Trinajstić information content (AvgIpc) is 2.53. The largest absolute Gasteiger partial charge is 0.497 e. The van der Waals surface area contributed by atoms with Gasteiger partial charge in [0.25, 0.3) is 0 Å². The van der Waals surface area contributed by atoms with E-state index in [1.54, 1.807) is 7.11 Å². The van der Waals surface area contributed by atoms with E-state index in [4.69, 9.17) is 10.5 Å². The molecule has 4 N–H and O–H groups in total. The summed E-state index contributed by atoms with van der Waals surface area (Å²) in [5.41, 5.74) is 6.26. The Morgan fingerprint density at radius 1 is 1.29 bits per heavy atom. The molecule has 0 aliphatic heterocycles. The number of methoxy groups -OCH3 is 1. The second kappa shape index (κ2) is 8.52. The lowest BCUT2D eigenvalue weighted by Crippen LogP contribution is -2.37. The number of benzene rings is 1. The summed E-state index contributed by atoms with van der Waals surface area (Å²) in [7, 11) is 1.65. The molecule has 0 fully saturated rings. The van der Waals surface area contributed by atoms with Gasteiger partial charge in [-0.2, -0.15) is 0 Å². The molecule has 5 nitrogen and oxygen atoms in total. The fourth-order valence-electron chi connectivity index (χ4n) is 1.89. The summed E-state index contributed by atoms with van der Waals surface area (Å²) in [6, 6.07) is 7.94. The van der Waals surface area contributed by atoms with Gasteiger partial charge in [0.15, 0.2) is 5.96 Å². The molecule has 0 heterocycles. The van der Waals surface area contributed by atoms with Crippen molar-refractivity contribution in [3.8, 4) is 5.75 Å². The van der Waals surface area contributed by atoms with Crippen LogP contribution in [0.5, 0.6) is 5.75 Å². The van der Waals surface area contributed by atoms with E-state index in [2.05, 4.69) is 10.3 Å². The molecule has 0 radical (unpaired) electrons. The lowest BCUT2D eigenvalue weighted by Gasteiger charge is -2.22. The molecule has 118 valence electrons. The maximum absolute atomic E-state index is 10.1. The van der Waals surface area contributed by atoms with Gasteiger partial charge in [0.05, 0.1) is 19.3 Å². The number of ether oxygens (including phenoxy) is 1. The van der Waals surface area contributed by atoms with E-state index in [0.717, 1.165) is 12.2 Å². The van der Waals surface area contributed by atoms with Crippen LogP contribution in [0.15, 0.2) is 29.3 Å². The minimum atomic E-state index is -0.748. The van der Waals surface area contributed by atoms with Gasteiger partial charge >= 0.3 is 0 Å². The minimum Gasteiger partial charge on any atom is -0.497 e. The molecule has 0 unspecified atom stereocenters. The van der Waals surface area contributed by atoms with Gasteiger partial charge in [-0.15, -0.1) is 0 Å². The first-order valence-corrected chi connectivity index (χ1v) is 7.42. The highest BCUT2D eigenvalue weighted by Gasteiger charge is 2.21. The Morgan fingerprint density at radius 3 is 2.43 bits per heavy atom. The predicted molar refractivity (Wildman–Crippen MR) is 86.7 cm³/mol. The molecule has 0 atom stereocenters. The maximum Gasteiger partial charge on any atom is 0.188 e. The van der Waals surface area contributed by atoms with Crippen molar-refractivity contribution in [3.63, 3.8) is 0 Å². The molecular formula is C16H27N3O2. The Bertz CT molecular complexity index is 439. The number of aliphatic imine (C=N–C) groups is 1. The van der Waals surface area contributed by atoms with Crippen LogP contribution in [0.4, 0.5) is 0 Å². The third-order valence-corrected chi connectivity index (χ3v) is 3.74. The lowest BCUT2D eigenvalue weighted by molar-refractivity contribution is 0.0418. The van der Waals surface area contributed by atoms with Crippen LogP contribution in [0, 0.1) is 0 Å². The Kier molecular flexibility index (Phi) is 7.02. The minimum absolute atomic E-state index is 0.335. The quantitative estimate of drug-likeness (QED) is 0.503. The van der Waals surface area contributed by atoms with Crippen LogP contribution >= 0.6 is 0 Å². The van der Waals surface area contributed by atoms with E-state index in [1.165, 1.54) is 5.56 Å². The summed E-state index contributed by atoms with van der Waals surface area (Å²) in [5, 5.41) is 13.2. The van der Waals surface area contributed by atoms with Gasteiger partial charge in [-0.25, -0.2) is 0 Å². The van der Waals surface area contributed by atoms with Crippen LogP contribution in [0.3, 0.4) is 0 Å². The molecule has 1 rings (SSSR count). The van der Waals surface area contributed by atoms with E-state index in [0.29, 0.717) is 31.9 Å². The fraction of sp³-hybridized carbons (Fsp3) is 0.562. The number of hydrogen-bond acceptors (Lipinski definition) is 3. The normalized spacial score (nSPS) is 12.3. The number of nitrogens with one attached hydrogen (secondary N) is 1. The van der Waals surface area contributed by atoms with Crippen LogP contribution < -0.4 is 15.8 Å². The highest BCUT2D eigenvalue weighted by atomic mass is 16.5. The second-order valence-corrected chi connectivity index (χ2v) is 5.16. The van der Waals surface area contributed by atoms with Gasteiger partial charge in [0.2, 0.25) is 0 Å². The highest BCUT2D eigenvalue weighted by Crippen LogP contribution is 2.14. The van der Waals surface area contributed by atoms with Crippen LogP contribution in [0.25, 0.3) is 0 Å². The van der Waals surface area contributed by atoms with Gasteiger partial charge in [-0.3, -0.25) is 4.99 Å². The first-order chi connectivity index (χ1) is 10.0. The molecule has 0 amide bonds. The Labute approximate surface area is 127 Å². The van der Waals surface area contributed by atoms with Gasteiger partial charge < -0.3 is 20.9 Å². The van der Waals surface area contributed by atoms with Crippen LogP contribution in [0.1, 0.15) is 32.3 Å². The van der Waals surface area contributed by atoms with E-state index in [-0.39, 0.29) is 0 Å². The van der Waals surface area contributed by atoms with Gasteiger partial charge in [0, 0.05) is 6.54 Å². The Morgan fingerprint density at radius 2 is 1.90 bits per heavy atom. The van der Waals surface area contributed by atoms with Crippen LogP contribution in [-0.4, -0.2) is 36.9 Å². The standard InChI is InChI=1S/C16H27N3O2/c1-4-16(20,5-2)12-19-15(17)18-11-10-13-6-8-14(21-3)9-7-13/h6-9,20H,4-5,10-12H2,1-3H3,(H3,17,18,19). The molecule has 0 saturated heterocycles. The molecule has 0 spiro atoms. The molecule has 1 aromatic carbocycles. The molecule has 1 aromatic rings. The molecule has 21 heavy (non-hydrogen) atoms. The molecule has 5 heteroatoms. The van der Waals surface area contributed by atoms with Crippen molar-refractivity contribution in [1.29, 1.82) is 0 Å². The third-order valence-electron chi connectivity index (χ3n) is 3.74. The van der Waals surface area contributed by atoms with Gasteiger partial charge in [-0.05, 0) is 37.0 Å². The van der Waals surface area contributed by atoms with E-state index >= 15 is 0 Å². The number of hydrogen-bond donors (Lipinski definition) is 3. The third kappa shape index (κ3) is 6.04. The fourth-order valence-corrected chi connectivity index (χ4v) is 1.89. The second-order valence-electron chi connectivity index (χ2n) is 5.16. The van der Waals surface area contributed by atoms with Crippen molar-refractivity contribution in [3.05, 3.63) is 29.8 Å². The number of guanidine groups is 1. The summed E-state index contributed by atoms with van der Waals surface area (Å²) in [4.78, 5) is 4.21. The highest BCUT2D eigenvalue weighted by molar-refractivity contribution is 5.77. The summed E-state index contributed by atoms with van der Waals surface area (Å²) in [5.74, 6) is 1.23. The summed E-state index contributed by atoms with van der Waals surface area (Å²) in [6.07, 6.45) is 2.20. The lowest BCUT2D eigenvalue weighted by atomic mass is 9.98. The molecule has 0 bridgehead atoms. The van der Waals surface area contributed by atoms with Crippen molar-refractivity contribution in [1.82, 2.24) is 5.32 Å². The topological polar surface area (TPSA) is 79.9 Å². The van der Waals surface area contributed by atoms with Crippen molar-refractivity contribution >= 4 is 5.96 Å². The number of nitrogens with zero attached hydrogens (tertiary/aromatic N) is 1. The van der Waals surface area contributed by atoms with Crippen molar-refractivity contribution in [2.75, 3.05) is 20.2 Å². The molecule has 0 saturated carbocycles. The molecular weight excluding hydrogens is 266 g/mol. The van der Waals surface area contributed by atoms with Crippen molar-refractivity contribution in [2.45, 2.75) is 38.7 Å². The van der Waals surface area contributed by atoms with Gasteiger partial charge in [-0.1, -0.05) is 26.0 Å².